The highest BCUT2D eigenvalue weighted by Crippen LogP contribution is 2.30. The highest BCUT2D eigenvalue weighted by atomic mass is 35.5. The molecular weight excluding hydrogens is 330 g/mol. The average Bonchev–Trinajstić information content (AvgIpc) is 3.02. The Morgan fingerprint density at radius 2 is 2.00 bits per heavy atom. The van der Waals surface area contributed by atoms with Gasteiger partial charge in [-0.05, 0) is 53.1 Å². The zero-order chi connectivity index (χ0) is 17.1. The number of methoxy groups -OCH3 is 1. The largest absolute Gasteiger partial charge is 0.497 e. The number of aryl methyl sites for hydroxylation is 1. The number of anilines is 1. The lowest BCUT2D eigenvalue weighted by molar-refractivity contribution is 0.102. The van der Waals surface area contributed by atoms with Crippen LogP contribution in [0.3, 0.4) is 0 Å². The first-order valence-electron chi connectivity index (χ1n) is 7.13. The summed E-state index contributed by atoms with van der Waals surface area (Å²) >= 11 is 6.04. The summed E-state index contributed by atoms with van der Waals surface area (Å²) in [6, 6.07) is 12.3. The third-order valence-electron chi connectivity index (χ3n) is 3.53. The lowest BCUT2D eigenvalue weighted by Crippen LogP contribution is -2.13. The van der Waals surface area contributed by atoms with Crippen LogP contribution in [-0.4, -0.2) is 23.3 Å². The predicted molar refractivity (Wildman–Crippen MR) is 90.4 cm³/mol. The maximum absolute atomic E-state index is 12.4. The number of halogens is 1. The van der Waals surface area contributed by atoms with Crippen LogP contribution in [0.5, 0.6) is 5.75 Å². The van der Waals surface area contributed by atoms with Crippen molar-refractivity contribution in [3.63, 3.8) is 0 Å². The number of rotatable bonds is 4. The van der Waals surface area contributed by atoms with E-state index in [1.807, 2.05) is 19.1 Å². The van der Waals surface area contributed by atoms with Crippen molar-refractivity contribution in [1.82, 2.24) is 10.3 Å². The van der Waals surface area contributed by atoms with Gasteiger partial charge in [0, 0.05) is 5.56 Å². The summed E-state index contributed by atoms with van der Waals surface area (Å²) in [5.74, 6) is 0.575. The topological polar surface area (TPSA) is 77.2 Å². The normalized spacial score (nSPS) is 10.5. The third-order valence-corrected chi connectivity index (χ3v) is 3.86. The summed E-state index contributed by atoms with van der Waals surface area (Å²) in [5, 5.41) is 10.7. The molecule has 1 heterocycles. The van der Waals surface area contributed by atoms with Crippen molar-refractivity contribution in [2.75, 3.05) is 12.4 Å². The van der Waals surface area contributed by atoms with E-state index in [4.69, 9.17) is 21.0 Å². The quantitative estimate of drug-likeness (QED) is 0.775. The Kier molecular flexibility index (Phi) is 4.48. The van der Waals surface area contributed by atoms with E-state index in [0.717, 1.165) is 16.9 Å². The fourth-order valence-electron chi connectivity index (χ4n) is 2.30. The minimum atomic E-state index is -0.385. The Morgan fingerprint density at radius 3 is 2.71 bits per heavy atom. The Balaban J connectivity index is 1.91. The molecule has 0 bridgehead atoms. The van der Waals surface area contributed by atoms with Crippen molar-refractivity contribution in [3.8, 4) is 17.0 Å². The zero-order valence-corrected chi connectivity index (χ0v) is 13.8. The first-order valence-corrected chi connectivity index (χ1v) is 7.51. The molecule has 0 saturated heterocycles. The van der Waals surface area contributed by atoms with Gasteiger partial charge in [0.25, 0.3) is 5.91 Å². The summed E-state index contributed by atoms with van der Waals surface area (Å²) in [4.78, 5) is 12.4. The van der Waals surface area contributed by atoms with Crippen LogP contribution in [0.4, 0.5) is 5.82 Å². The van der Waals surface area contributed by atoms with Crippen LogP contribution in [0.1, 0.15) is 15.9 Å². The minimum absolute atomic E-state index is 0.230. The van der Waals surface area contributed by atoms with Gasteiger partial charge in [0.15, 0.2) is 5.69 Å². The van der Waals surface area contributed by atoms with Crippen LogP contribution in [0.2, 0.25) is 5.02 Å². The molecule has 0 atom stereocenters. The molecule has 0 radical (unpaired) electrons. The molecule has 3 aromatic rings. The van der Waals surface area contributed by atoms with E-state index in [1.54, 1.807) is 37.4 Å². The molecule has 1 aromatic heterocycles. The summed E-state index contributed by atoms with van der Waals surface area (Å²) in [7, 11) is 1.60. The van der Waals surface area contributed by atoms with Gasteiger partial charge in [-0.15, -0.1) is 0 Å². The van der Waals surface area contributed by atoms with Gasteiger partial charge in [-0.25, -0.2) is 4.63 Å². The van der Waals surface area contributed by atoms with Crippen molar-refractivity contribution in [2.24, 2.45) is 0 Å². The molecule has 7 heteroatoms. The molecule has 0 aliphatic rings. The number of carbonyl (C=O) groups excluding carboxylic acids is 1. The number of amides is 1. The van der Waals surface area contributed by atoms with Crippen LogP contribution in [0.15, 0.2) is 47.1 Å². The molecule has 2 aromatic carbocycles. The van der Waals surface area contributed by atoms with E-state index in [1.165, 1.54) is 0 Å². The molecular formula is C17H14ClN3O3. The van der Waals surface area contributed by atoms with Crippen LogP contribution in [0, 0.1) is 6.92 Å². The number of ether oxygens (including phenoxy) is 1. The van der Waals surface area contributed by atoms with Crippen LogP contribution in [0.25, 0.3) is 11.3 Å². The van der Waals surface area contributed by atoms with E-state index in [9.17, 15) is 4.79 Å². The van der Waals surface area contributed by atoms with Gasteiger partial charge >= 0.3 is 0 Å². The summed E-state index contributed by atoms with van der Waals surface area (Å²) < 4.78 is 9.99. The van der Waals surface area contributed by atoms with Crippen LogP contribution >= 0.6 is 11.6 Å². The summed E-state index contributed by atoms with van der Waals surface area (Å²) in [6.07, 6.45) is 0. The number of carbonyl (C=O) groups is 1. The molecule has 0 unspecified atom stereocenters. The Bertz CT molecular complexity index is 892. The second kappa shape index (κ2) is 6.72. The number of hydrogen-bond donors (Lipinski definition) is 1. The highest BCUT2D eigenvalue weighted by Gasteiger charge is 2.19. The molecule has 0 spiro atoms. The third kappa shape index (κ3) is 3.09. The van der Waals surface area contributed by atoms with E-state index in [-0.39, 0.29) is 11.7 Å². The zero-order valence-electron chi connectivity index (χ0n) is 13.0. The Labute approximate surface area is 143 Å². The number of benzene rings is 2. The lowest BCUT2D eigenvalue weighted by atomic mass is 10.1. The molecule has 0 saturated carbocycles. The maximum atomic E-state index is 12.4. The van der Waals surface area contributed by atoms with Gasteiger partial charge in [0.05, 0.1) is 17.7 Å². The molecule has 122 valence electrons. The molecule has 24 heavy (non-hydrogen) atoms. The average molecular weight is 344 g/mol. The molecule has 0 fully saturated rings. The molecule has 1 amide bonds. The SMILES string of the molecule is COc1ccc(-c2nonc2NC(=O)c2ccccc2Cl)c(C)c1. The molecule has 1 N–H and O–H groups in total. The first kappa shape index (κ1) is 16.0. The van der Waals surface area contributed by atoms with Crippen LogP contribution in [-0.2, 0) is 0 Å². The van der Waals surface area contributed by atoms with Gasteiger partial charge in [0.2, 0.25) is 5.82 Å². The van der Waals surface area contributed by atoms with E-state index in [0.29, 0.717) is 16.3 Å². The Hall–Kier alpha value is -2.86. The summed E-state index contributed by atoms with van der Waals surface area (Å²) in [5.41, 5.74) is 2.49. The van der Waals surface area contributed by atoms with Crippen molar-refractivity contribution < 1.29 is 14.2 Å². The Morgan fingerprint density at radius 1 is 1.21 bits per heavy atom. The van der Waals surface area contributed by atoms with Crippen molar-refractivity contribution in [2.45, 2.75) is 6.92 Å². The fraction of sp³-hybridized carbons (Fsp3) is 0.118. The number of hydrogen-bond acceptors (Lipinski definition) is 5. The molecule has 0 aliphatic carbocycles. The minimum Gasteiger partial charge on any atom is -0.497 e. The first-order chi connectivity index (χ1) is 11.6. The van der Waals surface area contributed by atoms with Gasteiger partial charge in [0.1, 0.15) is 5.75 Å². The standard InChI is InChI=1S/C17H14ClN3O3/c1-10-9-11(23-2)7-8-12(10)15-16(21-24-20-15)19-17(22)13-5-3-4-6-14(13)18/h3-9H,1-2H3,(H,19,21,22). The number of nitrogens with zero attached hydrogens (tertiary/aromatic N) is 2. The van der Waals surface area contributed by atoms with Crippen molar-refractivity contribution in [1.29, 1.82) is 0 Å². The van der Waals surface area contributed by atoms with Gasteiger partial charge in [-0.3, -0.25) is 4.79 Å². The van der Waals surface area contributed by atoms with Crippen LogP contribution < -0.4 is 10.1 Å². The second-order valence-corrected chi connectivity index (χ2v) is 5.48. The lowest BCUT2D eigenvalue weighted by Gasteiger charge is -2.08. The predicted octanol–water partition coefficient (Wildman–Crippen LogP) is 3.96. The van der Waals surface area contributed by atoms with Crippen molar-refractivity contribution in [3.05, 3.63) is 58.6 Å². The van der Waals surface area contributed by atoms with E-state index >= 15 is 0 Å². The van der Waals surface area contributed by atoms with E-state index in [2.05, 4.69) is 15.6 Å². The number of aromatic nitrogens is 2. The van der Waals surface area contributed by atoms with Gasteiger partial charge in [-0.1, -0.05) is 23.7 Å². The fourth-order valence-corrected chi connectivity index (χ4v) is 2.52. The highest BCUT2D eigenvalue weighted by molar-refractivity contribution is 6.34. The summed E-state index contributed by atoms with van der Waals surface area (Å²) in [6.45, 7) is 1.91. The smallest absolute Gasteiger partial charge is 0.258 e. The molecule has 3 rings (SSSR count). The van der Waals surface area contributed by atoms with E-state index < -0.39 is 0 Å². The second-order valence-electron chi connectivity index (χ2n) is 5.08. The molecule has 0 aliphatic heterocycles. The van der Waals surface area contributed by atoms with Gasteiger partial charge in [-0.2, -0.15) is 0 Å². The maximum Gasteiger partial charge on any atom is 0.258 e. The van der Waals surface area contributed by atoms with Crippen molar-refractivity contribution >= 4 is 23.3 Å². The number of nitrogens with one attached hydrogen (secondary N) is 1. The molecule has 6 nitrogen and oxygen atoms in total. The monoisotopic (exact) mass is 343 g/mol. The van der Waals surface area contributed by atoms with Gasteiger partial charge < -0.3 is 10.1 Å².